The van der Waals surface area contributed by atoms with Gasteiger partial charge < -0.3 is 20.3 Å². The van der Waals surface area contributed by atoms with Crippen LogP contribution in [0.4, 0.5) is 24.5 Å². The van der Waals surface area contributed by atoms with Crippen LogP contribution in [0.2, 0.25) is 0 Å². The maximum Gasteiger partial charge on any atom is 0.417 e. The van der Waals surface area contributed by atoms with E-state index in [1.165, 1.54) is 16.9 Å². The molecule has 3 rings (SSSR count). The molecule has 12 heteroatoms. The third-order valence-electron chi connectivity index (χ3n) is 4.05. The summed E-state index contributed by atoms with van der Waals surface area (Å²) >= 11 is 0. The highest BCUT2D eigenvalue weighted by Gasteiger charge is 2.30. The quantitative estimate of drug-likeness (QED) is 0.280. The van der Waals surface area contributed by atoms with Gasteiger partial charge in [0.05, 0.1) is 67.3 Å². The van der Waals surface area contributed by atoms with Gasteiger partial charge in [0.2, 0.25) is 0 Å². The summed E-state index contributed by atoms with van der Waals surface area (Å²) in [5.74, 6) is 0.256. The lowest BCUT2D eigenvalue weighted by atomic mass is 10.3. The molecule has 1 unspecified atom stereocenters. The number of hydrogen-bond donors (Lipinski definition) is 4. The van der Waals surface area contributed by atoms with Crippen molar-refractivity contribution in [3.63, 3.8) is 0 Å². The van der Waals surface area contributed by atoms with E-state index in [0.717, 1.165) is 12.3 Å². The van der Waals surface area contributed by atoms with E-state index >= 15 is 0 Å². The van der Waals surface area contributed by atoms with Crippen LogP contribution < -0.4 is 10.6 Å². The molecule has 166 valence electrons. The topological polar surface area (TPSA) is 117 Å². The van der Waals surface area contributed by atoms with E-state index in [1.54, 1.807) is 24.5 Å². The highest BCUT2D eigenvalue weighted by Crippen LogP contribution is 2.28. The maximum atomic E-state index is 12.6. The number of aliphatic hydroxyl groups is 2. The van der Waals surface area contributed by atoms with E-state index in [1.807, 2.05) is 0 Å². The molecule has 0 aromatic carbocycles. The van der Waals surface area contributed by atoms with Gasteiger partial charge in [-0.1, -0.05) is 0 Å². The van der Waals surface area contributed by atoms with Gasteiger partial charge in [0.1, 0.15) is 0 Å². The minimum absolute atomic E-state index is 0.204. The molecule has 9 nitrogen and oxygen atoms in total. The first-order valence-corrected chi connectivity index (χ1v) is 9.23. The number of anilines is 2. The Bertz CT molecular complexity index is 948. The van der Waals surface area contributed by atoms with Crippen LogP contribution in [0.15, 0.2) is 49.1 Å². The summed E-state index contributed by atoms with van der Waals surface area (Å²) in [6.45, 7) is 0.376. The molecule has 3 heterocycles. The molecule has 1 atom stereocenters. The minimum Gasteiger partial charge on any atom is -0.394 e. The van der Waals surface area contributed by atoms with Gasteiger partial charge in [-0.15, -0.1) is 0 Å². The van der Waals surface area contributed by atoms with Crippen molar-refractivity contribution in [3.05, 3.63) is 60.3 Å². The standard InChI is InChI=1S/C19H21F3N6O3/c20-19(21,22)13-1-4-18(25-5-13)28-9-16(7-26-28)27-14-2-3-15(24-6-14)11-31-12-23-8-17(30)10-29/h1-7,9,17,23,27,29-30H,8,10-12H2. The molecule has 0 radical (unpaired) electrons. The fourth-order valence-electron chi connectivity index (χ4n) is 2.47. The monoisotopic (exact) mass is 438 g/mol. The van der Waals surface area contributed by atoms with Crippen molar-refractivity contribution in [2.24, 2.45) is 0 Å². The van der Waals surface area contributed by atoms with E-state index in [2.05, 4.69) is 25.7 Å². The SMILES string of the molecule is OCC(O)CNCOCc1ccc(Nc2cnn(-c3ccc(C(F)(F)F)cn3)c2)cn1. The van der Waals surface area contributed by atoms with E-state index < -0.39 is 17.8 Å². The van der Waals surface area contributed by atoms with Gasteiger partial charge in [0.25, 0.3) is 0 Å². The van der Waals surface area contributed by atoms with Crippen LogP contribution >= 0.6 is 0 Å². The molecule has 31 heavy (non-hydrogen) atoms. The van der Waals surface area contributed by atoms with Crippen molar-refractivity contribution in [1.29, 1.82) is 0 Å². The van der Waals surface area contributed by atoms with Crippen LogP contribution in [0.1, 0.15) is 11.3 Å². The van der Waals surface area contributed by atoms with Crippen molar-refractivity contribution in [1.82, 2.24) is 25.1 Å². The van der Waals surface area contributed by atoms with Gasteiger partial charge in [0.15, 0.2) is 5.82 Å². The van der Waals surface area contributed by atoms with Crippen LogP contribution in [0.25, 0.3) is 5.82 Å². The summed E-state index contributed by atoms with van der Waals surface area (Å²) in [6, 6.07) is 5.76. The lowest BCUT2D eigenvalue weighted by molar-refractivity contribution is -0.137. The number of hydrogen-bond acceptors (Lipinski definition) is 8. The zero-order valence-electron chi connectivity index (χ0n) is 16.3. The fourth-order valence-corrected chi connectivity index (χ4v) is 2.47. The Balaban J connectivity index is 1.50. The second-order valence-corrected chi connectivity index (χ2v) is 6.52. The normalized spacial score (nSPS) is 12.7. The number of nitrogens with one attached hydrogen (secondary N) is 2. The Labute approximate surface area is 175 Å². The zero-order chi connectivity index (χ0) is 22.3. The highest BCUT2D eigenvalue weighted by molar-refractivity contribution is 5.57. The molecular weight excluding hydrogens is 417 g/mol. The molecule has 0 aliphatic heterocycles. The average molecular weight is 438 g/mol. The second kappa shape index (κ2) is 10.3. The number of ether oxygens (including phenoxy) is 1. The molecule has 3 aromatic heterocycles. The lowest BCUT2D eigenvalue weighted by Crippen LogP contribution is -2.30. The Hall–Kier alpha value is -3.06. The number of aliphatic hydroxyl groups excluding tert-OH is 2. The molecule has 0 aliphatic carbocycles. The van der Waals surface area contributed by atoms with E-state index in [4.69, 9.17) is 9.84 Å². The molecule has 0 aliphatic rings. The molecule has 0 saturated heterocycles. The Morgan fingerprint density at radius 2 is 1.90 bits per heavy atom. The van der Waals surface area contributed by atoms with Gasteiger partial charge in [-0.2, -0.15) is 18.3 Å². The smallest absolute Gasteiger partial charge is 0.394 e. The van der Waals surface area contributed by atoms with Gasteiger partial charge in [-0.25, -0.2) is 9.67 Å². The van der Waals surface area contributed by atoms with Crippen LogP contribution in [0, 0.1) is 0 Å². The van der Waals surface area contributed by atoms with Crippen LogP contribution in [0.3, 0.4) is 0 Å². The molecule has 4 N–H and O–H groups in total. The summed E-state index contributed by atoms with van der Waals surface area (Å²) in [5.41, 5.74) is 1.17. The fraction of sp³-hybridized carbons (Fsp3) is 0.316. The summed E-state index contributed by atoms with van der Waals surface area (Å²) in [7, 11) is 0. The summed E-state index contributed by atoms with van der Waals surface area (Å²) in [4.78, 5) is 8.07. The number of halogens is 3. The van der Waals surface area contributed by atoms with Crippen molar-refractivity contribution in [3.8, 4) is 5.82 Å². The Morgan fingerprint density at radius 1 is 1.06 bits per heavy atom. The Morgan fingerprint density at radius 3 is 2.55 bits per heavy atom. The molecule has 0 spiro atoms. The zero-order valence-corrected chi connectivity index (χ0v) is 16.3. The largest absolute Gasteiger partial charge is 0.417 e. The third kappa shape index (κ3) is 6.72. The molecule has 0 fully saturated rings. The van der Waals surface area contributed by atoms with Crippen molar-refractivity contribution >= 4 is 11.4 Å². The number of rotatable bonds is 10. The predicted molar refractivity (Wildman–Crippen MR) is 105 cm³/mol. The summed E-state index contributed by atoms with van der Waals surface area (Å²) in [5, 5.41) is 27.9. The molecule has 0 amide bonds. The number of pyridine rings is 2. The van der Waals surface area contributed by atoms with E-state index in [-0.39, 0.29) is 32.3 Å². The van der Waals surface area contributed by atoms with Crippen LogP contribution in [0.5, 0.6) is 0 Å². The predicted octanol–water partition coefficient (Wildman–Crippen LogP) is 1.84. The Kier molecular flexibility index (Phi) is 7.52. The second-order valence-electron chi connectivity index (χ2n) is 6.52. The van der Waals surface area contributed by atoms with Crippen molar-refractivity contribution in [2.75, 3.05) is 25.2 Å². The number of alkyl halides is 3. The van der Waals surface area contributed by atoms with Crippen molar-refractivity contribution < 1.29 is 28.1 Å². The number of nitrogens with zero attached hydrogens (tertiary/aromatic N) is 4. The van der Waals surface area contributed by atoms with Gasteiger partial charge >= 0.3 is 6.18 Å². The molecule has 0 saturated carbocycles. The van der Waals surface area contributed by atoms with Gasteiger partial charge in [-0.3, -0.25) is 10.3 Å². The molecular formula is C19H21F3N6O3. The molecule has 0 bridgehead atoms. The first-order chi connectivity index (χ1) is 14.8. The minimum atomic E-state index is -4.44. The lowest BCUT2D eigenvalue weighted by Gasteiger charge is -2.09. The van der Waals surface area contributed by atoms with Crippen LogP contribution in [-0.2, 0) is 17.5 Å². The maximum absolute atomic E-state index is 12.6. The van der Waals surface area contributed by atoms with E-state index in [9.17, 15) is 18.3 Å². The van der Waals surface area contributed by atoms with E-state index in [0.29, 0.717) is 17.1 Å². The summed E-state index contributed by atoms with van der Waals surface area (Å²) in [6.07, 6.45) is 0.216. The first kappa shape index (κ1) is 22.6. The first-order valence-electron chi connectivity index (χ1n) is 9.23. The van der Waals surface area contributed by atoms with Crippen LogP contribution in [-0.4, -0.2) is 55.9 Å². The van der Waals surface area contributed by atoms with Gasteiger partial charge in [0, 0.05) is 12.7 Å². The number of aromatic nitrogens is 4. The summed E-state index contributed by atoms with van der Waals surface area (Å²) < 4.78 is 44.6. The highest BCUT2D eigenvalue weighted by atomic mass is 19.4. The third-order valence-corrected chi connectivity index (χ3v) is 4.05. The van der Waals surface area contributed by atoms with Crippen molar-refractivity contribution in [2.45, 2.75) is 18.9 Å². The van der Waals surface area contributed by atoms with Gasteiger partial charge in [-0.05, 0) is 24.3 Å². The molecule has 3 aromatic rings. The average Bonchev–Trinajstić information content (AvgIpc) is 3.22.